The molecule has 30 heavy (non-hydrogen) atoms. The number of methoxy groups -OCH3 is 3. The van der Waals surface area contributed by atoms with Crippen LogP contribution in [-0.4, -0.2) is 31.5 Å². The summed E-state index contributed by atoms with van der Waals surface area (Å²) in [7, 11) is 4.85. The molecule has 4 rings (SSSR count). The van der Waals surface area contributed by atoms with Crippen molar-refractivity contribution in [3.05, 3.63) is 65.7 Å². The normalized spacial score (nSPS) is 10.7. The van der Waals surface area contributed by atoms with E-state index in [1.165, 1.54) is 0 Å². The Balaban J connectivity index is 1.85. The van der Waals surface area contributed by atoms with Gasteiger partial charge in [-0.25, -0.2) is 0 Å². The minimum Gasteiger partial charge on any atom is -0.497 e. The van der Waals surface area contributed by atoms with Gasteiger partial charge in [-0.05, 0) is 30.3 Å². The van der Waals surface area contributed by atoms with Crippen LogP contribution in [0, 0.1) is 0 Å². The molecule has 0 amide bonds. The predicted octanol–water partition coefficient (Wildman–Crippen LogP) is 5.72. The quantitative estimate of drug-likeness (QED) is 0.429. The van der Waals surface area contributed by atoms with Gasteiger partial charge >= 0.3 is 0 Å². The van der Waals surface area contributed by atoms with E-state index in [0.29, 0.717) is 39.5 Å². The lowest BCUT2D eigenvalue weighted by atomic mass is 10.0. The highest BCUT2D eigenvalue weighted by Gasteiger charge is 2.16. The van der Waals surface area contributed by atoms with E-state index in [1.54, 1.807) is 39.5 Å². The Morgan fingerprint density at radius 2 is 1.53 bits per heavy atom. The van der Waals surface area contributed by atoms with E-state index in [9.17, 15) is 0 Å². The standard InChI is InChI=1S/C23H20ClN3O3/c1-28-15-9-10-18(21(13-15)30-3)22-16-6-4-5-7-17(16)23(27-26-22)25-19-12-14(24)8-11-20(19)29-2/h4-13H,1-3H3,(H,25,27). The zero-order valence-corrected chi connectivity index (χ0v) is 17.5. The fraction of sp³-hybridized carbons (Fsp3) is 0.130. The van der Waals surface area contributed by atoms with Gasteiger partial charge in [0.15, 0.2) is 5.82 Å². The van der Waals surface area contributed by atoms with Gasteiger partial charge in [-0.2, -0.15) is 0 Å². The number of nitrogens with zero attached hydrogens (tertiary/aromatic N) is 2. The Labute approximate surface area is 179 Å². The van der Waals surface area contributed by atoms with Crippen molar-refractivity contribution in [1.82, 2.24) is 10.2 Å². The molecule has 0 saturated carbocycles. The van der Waals surface area contributed by atoms with Crippen molar-refractivity contribution in [3.63, 3.8) is 0 Å². The van der Waals surface area contributed by atoms with Crippen LogP contribution < -0.4 is 19.5 Å². The van der Waals surface area contributed by atoms with Crippen LogP contribution in [-0.2, 0) is 0 Å². The molecule has 1 aromatic heterocycles. The smallest absolute Gasteiger partial charge is 0.161 e. The van der Waals surface area contributed by atoms with Gasteiger partial charge in [0.1, 0.15) is 22.9 Å². The average Bonchev–Trinajstić information content (AvgIpc) is 2.79. The van der Waals surface area contributed by atoms with Gasteiger partial charge < -0.3 is 19.5 Å². The molecule has 6 nitrogen and oxygen atoms in total. The van der Waals surface area contributed by atoms with Crippen LogP contribution in [0.5, 0.6) is 17.2 Å². The zero-order chi connectivity index (χ0) is 21.1. The molecule has 1 heterocycles. The Morgan fingerprint density at radius 3 is 2.27 bits per heavy atom. The van der Waals surface area contributed by atoms with E-state index in [1.807, 2.05) is 42.5 Å². The van der Waals surface area contributed by atoms with E-state index in [0.717, 1.165) is 16.3 Å². The molecule has 0 aliphatic carbocycles. The van der Waals surface area contributed by atoms with Crippen LogP contribution in [0.4, 0.5) is 11.5 Å². The molecule has 152 valence electrons. The van der Waals surface area contributed by atoms with Crippen molar-refractivity contribution < 1.29 is 14.2 Å². The summed E-state index contributed by atoms with van der Waals surface area (Å²) in [6, 6.07) is 18.9. The van der Waals surface area contributed by atoms with Gasteiger partial charge in [-0.3, -0.25) is 0 Å². The number of ether oxygens (including phenoxy) is 3. The van der Waals surface area contributed by atoms with E-state index in [4.69, 9.17) is 25.8 Å². The van der Waals surface area contributed by atoms with Crippen LogP contribution >= 0.6 is 11.6 Å². The minimum absolute atomic E-state index is 0.593. The van der Waals surface area contributed by atoms with Crippen molar-refractivity contribution in [2.24, 2.45) is 0 Å². The second-order valence-electron chi connectivity index (χ2n) is 6.48. The third-order valence-corrected chi connectivity index (χ3v) is 5.00. The molecule has 0 bridgehead atoms. The fourth-order valence-electron chi connectivity index (χ4n) is 3.29. The molecule has 4 aromatic rings. The Hall–Kier alpha value is -3.51. The summed E-state index contributed by atoms with van der Waals surface area (Å²) in [5.41, 5.74) is 2.25. The topological polar surface area (TPSA) is 65.5 Å². The largest absolute Gasteiger partial charge is 0.497 e. The van der Waals surface area contributed by atoms with Crippen LogP contribution in [0.3, 0.4) is 0 Å². The molecule has 1 N–H and O–H groups in total. The Morgan fingerprint density at radius 1 is 0.767 bits per heavy atom. The summed E-state index contributed by atoms with van der Waals surface area (Å²) in [5.74, 6) is 2.62. The fourth-order valence-corrected chi connectivity index (χ4v) is 3.47. The van der Waals surface area contributed by atoms with Crippen LogP contribution in [0.15, 0.2) is 60.7 Å². The molecule has 0 spiro atoms. The van der Waals surface area contributed by atoms with Gasteiger partial charge in [-0.15, -0.1) is 10.2 Å². The van der Waals surface area contributed by atoms with Gasteiger partial charge in [0, 0.05) is 27.4 Å². The molecule has 0 saturated heterocycles. The van der Waals surface area contributed by atoms with E-state index >= 15 is 0 Å². The highest BCUT2D eigenvalue weighted by Crippen LogP contribution is 2.38. The van der Waals surface area contributed by atoms with Crippen LogP contribution in [0.2, 0.25) is 5.02 Å². The number of anilines is 2. The highest BCUT2D eigenvalue weighted by atomic mass is 35.5. The van der Waals surface area contributed by atoms with Crippen LogP contribution in [0.25, 0.3) is 22.0 Å². The summed E-state index contributed by atoms with van der Waals surface area (Å²) in [6.45, 7) is 0. The number of nitrogens with one attached hydrogen (secondary N) is 1. The number of hydrogen-bond donors (Lipinski definition) is 1. The SMILES string of the molecule is COc1ccc(-c2nnc(Nc3cc(Cl)ccc3OC)c3ccccc23)c(OC)c1. The summed E-state index contributed by atoms with van der Waals surface area (Å²) in [5, 5.41) is 14.7. The van der Waals surface area contributed by atoms with Crippen LogP contribution in [0.1, 0.15) is 0 Å². The van der Waals surface area contributed by atoms with Crippen molar-refractivity contribution in [1.29, 1.82) is 0 Å². The first-order valence-corrected chi connectivity index (χ1v) is 9.60. The summed E-state index contributed by atoms with van der Waals surface area (Å²) in [6.07, 6.45) is 0. The number of halogens is 1. The van der Waals surface area contributed by atoms with Crippen molar-refractivity contribution in [3.8, 4) is 28.5 Å². The molecular weight excluding hydrogens is 402 g/mol. The molecule has 0 fully saturated rings. The van der Waals surface area contributed by atoms with E-state index in [2.05, 4.69) is 15.5 Å². The van der Waals surface area contributed by atoms with Crippen molar-refractivity contribution in [2.45, 2.75) is 0 Å². The molecular formula is C23H20ClN3O3. The van der Waals surface area contributed by atoms with Gasteiger partial charge in [0.05, 0.1) is 27.0 Å². The number of aromatic nitrogens is 2. The first-order valence-electron chi connectivity index (χ1n) is 9.23. The number of benzene rings is 3. The number of fused-ring (bicyclic) bond motifs is 1. The Bertz CT molecular complexity index is 1210. The van der Waals surface area contributed by atoms with E-state index in [-0.39, 0.29) is 0 Å². The lowest BCUT2D eigenvalue weighted by Crippen LogP contribution is -2.01. The minimum atomic E-state index is 0.593. The third-order valence-electron chi connectivity index (χ3n) is 4.77. The molecule has 7 heteroatoms. The summed E-state index contributed by atoms with van der Waals surface area (Å²) in [4.78, 5) is 0. The first kappa shape index (κ1) is 19.8. The second kappa shape index (κ2) is 8.47. The molecule has 0 unspecified atom stereocenters. The highest BCUT2D eigenvalue weighted by molar-refractivity contribution is 6.31. The van der Waals surface area contributed by atoms with Crippen molar-refractivity contribution in [2.75, 3.05) is 26.6 Å². The number of rotatable bonds is 6. The van der Waals surface area contributed by atoms with E-state index < -0.39 is 0 Å². The molecule has 0 aliphatic heterocycles. The molecule has 3 aromatic carbocycles. The summed E-state index contributed by atoms with van der Waals surface area (Å²) < 4.78 is 16.3. The predicted molar refractivity (Wildman–Crippen MR) is 119 cm³/mol. The first-order chi connectivity index (χ1) is 14.6. The maximum atomic E-state index is 6.17. The molecule has 0 aliphatic rings. The lowest BCUT2D eigenvalue weighted by Gasteiger charge is -2.15. The average molecular weight is 422 g/mol. The maximum absolute atomic E-state index is 6.17. The summed E-state index contributed by atoms with van der Waals surface area (Å²) >= 11 is 6.17. The van der Waals surface area contributed by atoms with Gasteiger partial charge in [0.25, 0.3) is 0 Å². The van der Waals surface area contributed by atoms with Gasteiger partial charge in [-0.1, -0.05) is 35.9 Å². The van der Waals surface area contributed by atoms with Gasteiger partial charge in [0.2, 0.25) is 0 Å². The lowest BCUT2D eigenvalue weighted by molar-refractivity contribution is 0.395. The monoisotopic (exact) mass is 421 g/mol. The second-order valence-corrected chi connectivity index (χ2v) is 6.92. The Kier molecular flexibility index (Phi) is 5.59. The third kappa shape index (κ3) is 3.69. The zero-order valence-electron chi connectivity index (χ0n) is 16.8. The number of hydrogen-bond acceptors (Lipinski definition) is 6. The van der Waals surface area contributed by atoms with Crippen molar-refractivity contribution >= 4 is 33.9 Å². The molecule has 0 atom stereocenters. The maximum Gasteiger partial charge on any atom is 0.161 e. The molecule has 0 radical (unpaired) electrons.